The molecule has 0 radical (unpaired) electrons. The summed E-state index contributed by atoms with van der Waals surface area (Å²) in [6.45, 7) is 8.36. The van der Waals surface area contributed by atoms with Crippen LogP contribution in [0.2, 0.25) is 0 Å². The number of aliphatic hydroxyl groups is 2. The number of carbonyl (C=O) groups is 2. The number of rotatable bonds is 9. The van der Waals surface area contributed by atoms with E-state index in [2.05, 4.69) is 6.58 Å². The fourth-order valence-electron chi connectivity index (χ4n) is 1.68. The average Bonchev–Trinajstić information content (AvgIpc) is 2.27. The molecule has 110 valence electrons. The van der Waals surface area contributed by atoms with Crippen molar-refractivity contribution in [2.24, 2.45) is 11.3 Å². The molecule has 5 heteroatoms. The van der Waals surface area contributed by atoms with Crippen LogP contribution in [-0.2, 0) is 9.59 Å². The van der Waals surface area contributed by atoms with Crippen LogP contribution in [0.1, 0.15) is 40.0 Å². The highest BCUT2D eigenvalue weighted by Crippen LogP contribution is 2.28. The molecular weight excluding hydrogens is 248 g/mol. The van der Waals surface area contributed by atoms with Crippen molar-refractivity contribution in [2.75, 3.05) is 0 Å². The molecule has 0 aliphatic carbocycles. The van der Waals surface area contributed by atoms with Crippen molar-refractivity contribution >= 4 is 11.8 Å². The molecule has 0 unspecified atom stereocenters. The Hall–Kier alpha value is -1.20. The summed E-state index contributed by atoms with van der Waals surface area (Å²) in [5, 5.41) is 28.3. The predicted molar refractivity (Wildman–Crippen MR) is 71.6 cm³/mol. The van der Waals surface area contributed by atoms with E-state index in [4.69, 9.17) is 5.11 Å². The number of carboxylic acid groups (broad SMARTS) is 1. The summed E-state index contributed by atoms with van der Waals surface area (Å²) in [5.74, 6) is -1.60. The Morgan fingerprint density at radius 2 is 1.79 bits per heavy atom. The van der Waals surface area contributed by atoms with Gasteiger partial charge in [-0.2, -0.15) is 0 Å². The van der Waals surface area contributed by atoms with Gasteiger partial charge >= 0.3 is 5.97 Å². The summed E-state index contributed by atoms with van der Waals surface area (Å²) in [4.78, 5) is 22.6. The normalized spacial score (nSPS) is 16.5. The van der Waals surface area contributed by atoms with Crippen LogP contribution < -0.4 is 0 Å². The third-order valence-corrected chi connectivity index (χ3v) is 3.51. The Morgan fingerprint density at radius 1 is 1.26 bits per heavy atom. The zero-order chi connectivity index (χ0) is 15.2. The second-order valence-electron chi connectivity index (χ2n) is 5.53. The average molecular weight is 272 g/mol. The molecule has 0 aromatic rings. The predicted octanol–water partition coefficient (Wildman–Crippen LogP) is 1.38. The topological polar surface area (TPSA) is 94.8 Å². The molecule has 5 nitrogen and oxygen atoms in total. The van der Waals surface area contributed by atoms with Gasteiger partial charge in [0, 0.05) is 11.8 Å². The van der Waals surface area contributed by atoms with Crippen molar-refractivity contribution in [1.82, 2.24) is 0 Å². The summed E-state index contributed by atoms with van der Waals surface area (Å²) in [7, 11) is 0. The van der Waals surface area contributed by atoms with Gasteiger partial charge in [0.25, 0.3) is 0 Å². The lowest BCUT2D eigenvalue weighted by Crippen LogP contribution is -2.40. The monoisotopic (exact) mass is 272 g/mol. The van der Waals surface area contributed by atoms with Crippen molar-refractivity contribution < 1.29 is 24.9 Å². The number of Topliss-reactive ketones (excluding diaryl/α,β-unsaturated/α-hetero) is 1. The number of aliphatic hydroxyl groups excluding tert-OH is 2. The first-order valence-electron chi connectivity index (χ1n) is 6.35. The van der Waals surface area contributed by atoms with E-state index in [1.807, 2.05) is 0 Å². The summed E-state index contributed by atoms with van der Waals surface area (Å²) in [6, 6.07) is 0. The van der Waals surface area contributed by atoms with Gasteiger partial charge in [-0.1, -0.05) is 26.8 Å². The van der Waals surface area contributed by atoms with Crippen molar-refractivity contribution in [2.45, 2.75) is 52.2 Å². The van der Waals surface area contributed by atoms with Gasteiger partial charge in [0.1, 0.15) is 5.78 Å². The molecule has 0 fully saturated rings. The SMILES string of the molecule is C=CC[C@H](C)[C@H](O)CC(=O)C(C)(C)[C@@H](O)CC(=O)O. The van der Waals surface area contributed by atoms with Crippen LogP contribution >= 0.6 is 0 Å². The largest absolute Gasteiger partial charge is 0.481 e. The number of carboxylic acids is 1. The number of carbonyl (C=O) groups excluding carboxylic acids is 1. The van der Waals surface area contributed by atoms with Gasteiger partial charge in [0.2, 0.25) is 0 Å². The smallest absolute Gasteiger partial charge is 0.306 e. The van der Waals surface area contributed by atoms with E-state index in [1.54, 1.807) is 13.0 Å². The molecule has 0 aromatic carbocycles. The fourth-order valence-corrected chi connectivity index (χ4v) is 1.68. The van der Waals surface area contributed by atoms with E-state index in [0.29, 0.717) is 6.42 Å². The van der Waals surface area contributed by atoms with Gasteiger partial charge < -0.3 is 15.3 Å². The molecule has 0 aliphatic heterocycles. The van der Waals surface area contributed by atoms with E-state index in [-0.39, 0.29) is 18.1 Å². The van der Waals surface area contributed by atoms with Crippen LogP contribution in [0.15, 0.2) is 12.7 Å². The maximum Gasteiger partial charge on any atom is 0.306 e. The van der Waals surface area contributed by atoms with Crippen molar-refractivity contribution in [3.63, 3.8) is 0 Å². The molecule has 0 heterocycles. The third kappa shape index (κ3) is 5.53. The molecule has 3 N–H and O–H groups in total. The molecule has 0 spiro atoms. The molecule has 0 rings (SSSR count). The standard InChI is InChI=1S/C14H24O5/c1-5-6-9(2)10(15)7-11(16)14(3,4)12(17)8-13(18)19/h5,9-10,12,15,17H,1,6-8H2,2-4H3,(H,18,19)/t9-,10+,12-/m0/s1. The van der Waals surface area contributed by atoms with Gasteiger partial charge in [-0.15, -0.1) is 6.58 Å². The Balaban J connectivity index is 4.62. The number of ketones is 1. The lowest BCUT2D eigenvalue weighted by Gasteiger charge is -2.29. The number of allylic oxidation sites excluding steroid dienone is 1. The van der Waals surface area contributed by atoms with Gasteiger partial charge in [-0.25, -0.2) is 0 Å². The lowest BCUT2D eigenvalue weighted by molar-refractivity contribution is -0.144. The minimum Gasteiger partial charge on any atom is -0.481 e. The number of aliphatic carboxylic acids is 1. The second-order valence-corrected chi connectivity index (χ2v) is 5.53. The van der Waals surface area contributed by atoms with E-state index in [9.17, 15) is 19.8 Å². The highest BCUT2D eigenvalue weighted by Gasteiger charge is 2.37. The van der Waals surface area contributed by atoms with Gasteiger partial charge in [-0.3, -0.25) is 9.59 Å². The van der Waals surface area contributed by atoms with Gasteiger partial charge in [0.05, 0.1) is 18.6 Å². The minimum absolute atomic E-state index is 0.0985. The van der Waals surface area contributed by atoms with Crippen LogP contribution in [0, 0.1) is 11.3 Å². The molecular formula is C14H24O5. The first-order chi connectivity index (χ1) is 8.62. The van der Waals surface area contributed by atoms with Crippen LogP contribution in [-0.4, -0.2) is 39.3 Å². The Labute approximate surface area is 113 Å². The molecule has 0 aliphatic rings. The van der Waals surface area contributed by atoms with Crippen LogP contribution in [0.4, 0.5) is 0 Å². The Morgan fingerprint density at radius 3 is 2.21 bits per heavy atom. The minimum atomic E-state index is -1.26. The van der Waals surface area contributed by atoms with E-state index < -0.39 is 30.0 Å². The van der Waals surface area contributed by atoms with E-state index in [1.165, 1.54) is 13.8 Å². The number of hydrogen-bond donors (Lipinski definition) is 3. The lowest BCUT2D eigenvalue weighted by atomic mass is 9.77. The van der Waals surface area contributed by atoms with Gasteiger partial charge in [-0.05, 0) is 12.3 Å². The van der Waals surface area contributed by atoms with E-state index in [0.717, 1.165) is 0 Å². The summed E-state index contributed by atoms with van der Waals surface area (Å²) >= 11 is 0. The van der Waals surface area contributed by atoms with Crippen LogP contribution in [0.5, 0.6) is 0 Å². The summed E-state index contributed by atoms with van der Waals surface area (Å²) in [6.07, 6.45) is -0.411. The van der Waals surface area contributed by atoms with Crippen molar-refractivity contribution in [3.05, 3.63) is 12.7 Å². The summed E-state index contributed by atoms with van der Waals surface area (Å²) < 4.78 is 0. The molecule has 0 bridgehead atoms. The highest BCUT2D eigenvalue weighted by molar-refractivity contribution is 5.85. The molecule has 19 heavy (non-hydrogen) atoms. The molecule has 0 aromatic heterocycles. The second kappa shape index (κ2) is 7.40. The maximum atomic E-state index is 12.1. The van der Waals surface area contributed by atoms with Gasteiger partial charge in [0.15, 0.2) is 0 Å². The fraction of sp³-hybridized carbons (Fsp3) is 0.714. The molecule has 0 amide bonds. The zero-order valence-corrected chi connectivity index (χ0v) is 11.8. The number of hydrogen-bond acceptors (Lipinski definition) is 4. The zero-order valence-electron chi connectivity index (χ0n) is 11.8. The summed E-state index contributed by atoms with van der Waals surface area (Å²) in [5.41, 5.74) is -1.19. The Kier molecular flexibility index (Phi) is 6.94. The van der Waals surface area contributed by atoms with Crippen LogP contribution in [0.3, 0.4) is 0 Å². The first-order valence-corrected chi connectivity index (χ1v) is 6.35. The van der Waals surface area contributed by atoms with Crippen molar-refractivity contribution in [3.8, 4) is 0 Å². The first kappa shape index (κ1) is 17.8. The Bertz CT molecular complexity index is 335. The van der Waals surface area contributed by atoms with Crippen molar-refractivity contribution in [1.29, 1.82) is 0 Å². The molecule has 0 saturated heterocycles. The third-order valence-electron chi connectivity index (χ3n) is 3.51. The highest BCUT2D eigenvalue weighted by atomic mass is 16.4. The maximum absolute atomic E-state index is 12.1. The van der Waals surface area contributed by atoms with Crippen LogP contribution in [0.25, 0.3) is 0 Å². The quantitative estimate of drug-likeness (QED) is 0.551. The van der Waals surface area contributed by atoms with E-state index >= 15 is 0 Å². The molecule has 0 saturated carbocycles. The molecule has 3 atom stereocenters.